The largest absolute Gasteiger partial charge is 0.370 e. The molecule has 1 aromatic heterocycles. The Kier molecular flexibility index (Phi) is 10.2. The van der Waals surface area contributed by atoms with E-state index < -0.39 is 0 Å². The highest BCUT2D eigenvalue weighted by atomic mass is 127. The van der Waals surface area contributed by atoms with Crippen molar-refractivity contribution < 1.29 is 0 Å². The first-order chi connectivity index (χ1) is 8.63. The molecule has 3 N–H and O–H groups in total. The minimum atomic E-state index is 0. The summed E-state index contributed by atoms with van der Waals surface area (Å²) in [4.78, 5) is 9.91. The van der Waals surface area contributed by atoms with Crippen LogP contribution in [0.4, 0.5) is 0 Å². The minimum Gasteiger partial charge on any atom is -0.370 e. The molecule has 0 saturated carbocycles. The SMILES string of the molecule is CCCCCCNC(N)=NCc1sc(C)nc1C.I. The van der Waals surface area contributed by atoms with E-state index in [9.17, 15) is 0 Å². The third-order valence-electron chi connectivity index (χ3n) is 2.73. The number of aryl methyl sites for hydroxylation is 2. The molecule has 0 aromatic carbocycles. The van der Waals surface area contributed by atoms with Gasteiger partial charge in [-0.25, -0.2) is 9.98 Å². The van der Waals surface area contributed by atoms with Gasteiger partial charge in [0.05, 0.1) is 17.2 Å². The molecule has 6 heteroatoms. The highest BCUT2D eigenvalue weighted by Crippen LogP contribution is 2.17. The lowest BCUT2D eigenvalue weighted by molar-refractivity contribution is 0.652. The van der Waals surface area contributed by atoms with Crippen molar-refractivity contribution in [3.05, 3.63) is 15.6 Å². The van der Waals surface area contributed by atoms with Gasteiger partial charge in [0.2, 0.25) is 0 Å². The van der Waals surface area contributed by atoms with Gasteiger partial charge in [-0.1, -0.05) is 26.2 Å². The number of halogens is 1. The van der Waals surface area contributed by atoms with Gasteiger partial charge in [-0.3, -0.25) is 0 Å². The molecule has 1 heterocycles. The molecule has 1 aromatic rings. The Morgan fingerprint density at radius 2 is 2.05 bits per heavy atom. The van der Waals surface area contributed by atoms with Crippen molar-refractivity contribution in [2.24, 2.45) is 10.7 Å². The molecule has 0 bridgehead atoms. The van der Waals surface area contributed by atoms with Gasteiger partial charge in [0.1, 0.15) is 0 Å². The second-order valence-corrected chi connectivity index (χ2v) is 5.72. The van der Waals surface area contributed by atoms with Gasteiger partial charge in [-0.2, -0.15) is 0 Å². The Bertz CT molecular complexity index is 390. The summed E-state index contributed by atoms with van der Waals surface area (Å²) in [6.45, 7) is 7.78. The molecular formula is C13H25IN4S. The van der Waals surface area contributed by atoms with Crippen molar-refractivity contribution >= 4 is 41.3 Å². The maximum Gasteiger partial charge on any atom is 0.188 e. The van der Waals surface area contributed by atoms with E-state index >= 15 is 0 Å². The highest BCUT2D eigenvalue weighted by Gasteiger charge is 2.03. The van der Waals surface area contributed by atoms with Crippen molar-refractivity contribution in [3.8, 4) is 0 Å². The van der Waals surface area contributed by atoms with Crippen LogP contribution in [-0.4, -0.2) is 17.5 Å². The second-order valence-electron chi connectivity index (χ2n) is 4.43. The molecular weight excluding hydrogens is 371 g/mol. The van der Waals surface area contributed by atoms with Crippen LogP contribution >= 0.6 is 35.3 Å². The van der Waals surface area contributed by atoms with Crippen molar-refractivity contribution in [1.82, 2.24) is 10.3 Å². The highest BCUT2D eigenvalue weighted by molar-refractivity contribution is 14.0. The van der Waals surface area contributed by atoms with E-state index in [1.54, 1.807) is 11.3 Å². The van der Waals surface area contributed by atoms with Crippen LogP contribution in [0.5, 0.6) is 0 Å². The van der Waals surface area contributed by atoms with Crippen LogP contribution < -0.4 is 11.1 Å². The van der Waals surface area contributed by atoms with E-state index in [-0.39, 0.29) is 24.0 Å². The van der Waals surface area contributed by atoms with E-state index in [0.717, 1.165) is 23.7 Å². The van der Waals surface area contributed by atoms with Crippen LogP contribution in [0.3, 0.4) is 0 Å². The summed E-state index contributed by atoms with van der Waals surface area (Å²) >= 11 is 1.69. The van der Waals surface area contributed by atoms with Gasteiger partial charge in [0.25, 0.3) is 0 Å². The number of nitrogens with one attached hydrogen (secondary N) is 1. The summed E-state index contributed by atoms with van der Waals surface area (Å²) in [5, 5.41) is 4.24. The fourth-order valence-corrected chi connectivity index (χ4v) is 2.56. The molecule has 0 unspecified atom stereocenters. The molecule has 0 aliphatic carbocycles. The molecule has 0 saturated heterocycles. The number of rotatable bonds is 7. The average Bonchev–Trinajstić information content (AvgIpc) is 2.65. The molecule has 1 rings (SSSR count). The van der Waals surface area contributed by atoms with Crippen LogP contribution in [0.15, 0.2) is 4.99 Å². The number of guanidine groups is 1. The molecule has 4 nitrogen and oxygen atoms in total. The summed E-state index contributed by atoms with van der Waals surface area (Å²) in [6, 6.07) is 0. The van der Waals surface area contributed by atoms with Gasteiger partial charge in [0, 0.05) is 11.4 Å². The topological polar surface area (TPSA) is 63.3 Å². The summed E-state index contributed by atoms with van der Waals surface area (Å²) in [5.74, 6) is 0.539. The van der Waals surface area contributed by atoms with Crippen molar-refractivity contribution in [1.29, 1.82) is 0 Å². The summed E-state index contributed by atoms with van der Waals surface area (Å²) < 4.78 is 0. The maximum absolute atomic E-state index is 5.82. The Hall–Kier alpha value is -0.370. The van der Waals surface area contributed by atoms with Gasteiger partial charge < -0.3 is 11.1 Å². The summed E-state index contributed by atoms with van der Waals surface area (Å²) in [7, 11) is 0. The molecule has 0 spiro atoms. The molecule has 0 aliphatic rings. The van der Waals surface area contributed by atoms with E-state index in [2.05, 4.69) is 22.2 Å². The summed E-state index contributed by atoms with van der Waals surface area (Å²) in [6.07, 6.45) is 4.96. The predicted octanol–water partition coefficient (Wildman–Crippen LogP) is 3.36. The fraction of sp³-hybridized carbons (Fsp3) is 0.692. The lowest BCUT2D eigenvalue weighted by Gasteiger charge is -2.04. The number of aromatic nitrogens is 1. The third kappa shape index (κ3) is 7.71. The Morgan fingerprint density at radius 1 is 1.32 bits per heavy atom. The zero-order valence-electron chi connectivity index (χ0n) is 12.0. The van der Waals surface area contributed by atoms with Crippen molar-refractivity contribution in [3.63, 3.8) is 0 Å². The first kappa shape index (κ1) is 18.6. The second kappa shape index (κ2) is 10.4. The third-order valence-corrected chi connectivity index (χ3v) is 3.79. The standard InChI is InChI=1S/C13H24N4S.HI/c1-4-5-6-7-8-15-13(14)16-9-12-10(2)17-11(3)18-12;/h4-9H2,1-3H3,(H3,14,15,16);1H. The predicted molar refractivity (Wildman–Crippen MR) is 94.5 cm³/mol. The molecule has 0 atom stereocenters. The van der Waals surface area contributed by atoms with Crippen molar-refractivity contribution in [2.45, 2.75) is 53.0 Å². The first-order valence-electron chi connectivity index (χ1n) is 6.60. The van der Waals surface area contributed by atoms with Gasteiger partial charge in [-0.15, -0.1) is 35.3 Å². The van der Waals surface area contributed by atoms with E-state index in [4.69, 9.17) is 5.73 Å². The number of aliphatic imine (C=N–C) groups is 1. The normalized spacial score (nSPS) is 11.2. The Morgan fingerprint density at radius 3 is 2.63 bits per heavy atom. The van der Waals surface area contributed by atoms with Gasteiger partial charge in [-0.05, 0) is 20.3 Å². The maximum atomic E-state index is 5.82. The van der Waals surface area contributed by atoms with E-state index in [1.807, 2.05) is 13.8 Å². The molecule has 0 amide bonds. The number of hydrogen-bond acceptors (Lipinski definition) is 3. The smallest absolute Gasteiger partial charge is 0.188 e. The molecule has 0 fully saturated rings. The van der Waals surface area contributed by atoms with Gasteiger partial charge >= 0.3 is 0 Å². The van der Waals surface area contributed by atoms with Crippen molar-refractivity contribution in [2.75, 3.05) is 6.54 Å². The molecule has 0 aliphatic heterocycles. The van der Waals surface area contributed by atoms with Gasteiger partial charge in [0.15, 0.2) is 5.96 Å². The lowest BCUT2D eigenvalue weighted by atomic mass is 10.2. The number of hydrogen-bond donors (Lipinski definition) is 2. The van der Waals surface area contributed by atoms with E-state index in [0.29, 0.717) is 12.5 Å². The van der Waals surface area contributed by atoms with E-state index in [1.165, 1.54) is 24.1 Å². The number of unbranched alkanes of at least 4 members (excludes halogenated alkanes) is 3. The summed E-state index contributed by atoms with van der Waals surface area (Å²) in [5.41, 5.74) is 6.88. The zero-order chi connectivity index (χ0) is 13.4. The number of thiazole rings is 1. The number of nitrogens with zero attached hydrogens (tertiary/aromatic N) is 2. The zero-order valence-corrected chi connectivity index (χ0v) is 15.2. The molecule has 19 heavy (non-hydrogen) atoms. The van der Waals surface area contributed by atoms with Crippen LogP contribution in [0.25, 0.3) is 0 Å². The fourth-order valence-electron chi connectivity index (χ4n) is 1.70. The number of nitrogens with two attached hydrogens (primary N) is 1. The van der Waals surface area contributed by atoms with Crippen LogP contribution in [0, 0.1) is 13.8 Å². The lowest BCUT2D eigenvalue weighted by Crippen LogP contribution is -2.32. The quantitative estimate of drug-likeness (QED) is 0.322. The first-order valence-corrected chi connectivity index (χ1v) is 7.41. The van der Waals surface area contributed by atoms with Crippen LogP contribution in [0.1, 0.15) is 48.2 Å². The van der Waals surface area contributed by atoms with Crippen LogP contribution in [0.2, 0.25) is 0 Å². The van der Waals surface area contributed by atoms with Crippen LogP contribution in [-0.2, 0) is 6.54 Å². The molecule has 110 valence electrons. The minimum absolute atomic E-state index is 0. The average molecular weight is 396 g/mol. The Balaban J connectivity index is 0.00000324. The monoisotopic (exact) mass is 396 g/mol. The molecule has 0 radical (unpaired) electrons. The Labute approximate surface area is 137 Å².